The van der Waals surface area contributed by atoms with Crippen molar-refractivity contribution in [2.45, 2.75) is 77.7 Å². The topological polar surface area (TPSA) is 46.5 Å². The van der Waals surface area contributed by atoms with Crippen LogP contribution in [-0.2, 0) is 9.53 Å². The van der Waals surface area contributed by atoms with Gasteiger partial charge in [0.2, 0.25) is 0 Å². The fourth-order valence-corrected chi connectivity index (χ4v) is 2.23. The zero-order chi connectivity index (χ0) is 21.6. The third-order valence-electron chi connectivity index (χ3n) is 4.09. The van der Waals surface area contributed by atoms with Crippen LogP contribution in [0, 0.1) is 0 Å². The fraction of sp³-hybridized carbons (Fsp3) is 0.500. The predicted octanol–water partition coefficient (Wildman–Crippen LogP) is 7.34. The molecule has 0 aromatic carbocycles. The summed E-state index contributed by atoms with van der Waals surface area (Å²) in [4.78, 5) is 10.9. The monoisotopic (exact) mass is 400 g/mol. The highest BCUT2D eigenvalue weighted by atomic mass is 16.5. The lowest BCUT2D eigenvalue weighted by Gasteiger charge is -2.19. The van der Waals surface area contributed by atoms with Crippen molar-refractivity contribution in [1.29, 1.82) is 0 Å². The van der Waals surface area contributed by atoms with Gasteiger partial charge in [-0.25, -0.2) is 4.79 Å². The highest BCUT2D eigenvalue weighted by molar-refractivity contribution is 5.76. The second-order valence-electron chi connectivity index (χ2n) is 7.22. The summed E-state index contributed by atoms with van der Waals surface area (Å²) in [7, 11) is 0. The lowest BCUT2D eigenvalue weighted by atomic mass is 10.1. The SMILES string of the molecule is CC/C=C\C/C=C\C/C=C\C/C=C\C/C=C\C/C=C\CCCOC(C)(C)C(=O)O. The van der Waals surface area contributed by atoms with Gasteiger partial charge >= 0.3 is 5.97 Å². The van der Waals surface area contributed by atoms with E-state index in [4.69, 9.17) is 9.84 Å². The van der Waals surface area contributed by atoms with Crippen LogP contribution in [0.25, 0.3) is 0 Å². The van der Waals surface area contributed by atoms with Gasteiger partial charge in [0.15, 0.2) is 5.60 Å². The molecule has 0 rings (SSSR count). The first-order valence-corrected chi connectivity index (χ1v) is 10.8. The van der Waals surface area contributed by atoms with Crippen LogP contribution >= 0.6 is 0 Å². The molecule has 0 aliphatic rings. The van der Waals surface area contributed by atoms with Crippen LogP contribution in [0.4, 0.5) is 0 Å². The molecule has 0 aliphatic heterocycles. The summed E-state index contributed by atoms with van der Waals surface area (Å²) in [6.07, 6.45) is 34.0. The number of carbonyl (C=O) groups is 1. The average molecular weight is 401 g/mol. The second kappa shape index (κ2) is 19.2. The molecule has 3 heteroatoms. The summed E-state index contributed by atoms with van der Waals surface area (Å²) in [5.74, 6) is -0.925. The van der Waals surface area contributed by atoms with Crippen molar-refractivity contribution in [3.8, 4) is 0 Å². The number of carboxylic acids is 1. The van der Waals surface area contributed by atoms with Gasteiger partial charge < -0.3 is 9.84 Å². The minimum atomic E-state index is -1.10. The smallest absolute Gasteiger partial charge is 0.335 e. The Morgan fingerprint density at radius 2 is 1.10 bits per heavy atom. The Kier molecular flexibility index (Phi) is 17.8. The van der Waals surface area contributed by atoms with Gasteiger partial charge in [0.05, 0.1) is 0 Å². The number of allylic oxidation sites excluding steroid dienone is 12. The number of carboxylic acid groups (broad SMARTS) is 1. The van der Waals surface area contributed by atoms with E-state index in [1.54, 1.807) is 13.8 Å². The van der Waals surface area contributed by atoms with Crippen molar-refractivity contribution in [1.82, 2.24) is 0 Å². The maximum absolute atomic E-state index is 10.9. The molecule has 0 bridgehead atoms. The van der Waals surface area contributed by atoms with E-state index in [2.05, 4.69) is 79.8 Å². The molecule has 0 aromatic heterocycles. The minimum absolute atomic E-state index is 0.464. The first-order chi connectivity index (χ1) is 14.0. The lowest BCUT2D eigenvalue weighted by molar-refractivity contribution is -0.161. The van der Waals surface area contributed by atoms with E-state index in [1.165, 1.54) is 0 Å². The number of aliphatic carboxylic acids is 1. The van der Waals surface area contributed by atoms with Gasteiger partial charge in [-0.2, -0.15) is 0 Å². The van der Waals surface area contributed by atoms with Crippen molar-refractivity contribution in [3.05, 3.63) is 72.9 Å². The van der Waals surface area contributed by atoms with Crippen LogP contribution in [0.1, 0.15) is 72.1 Å². The van der Waals surface area contributed by atoms with Gasteiger partial charge in [0.1, 0.15) is 0 Å². The Balaban J connectivity index is 3.59. The molecule has 0 amide bonds. The van der Waals surface area contributed by atoms with Crippen molar-refractivity contribution in [2.24, 2.45) is 0 Å². The molecule has 0 saturated carbocycles. The van der Waals surface area contributed by atoms with Gasteiger partial charge in [-0.3, -0.25) is 0 Å². The Bertz CT molecular complexity index is 575. The van der Waals surface area contributed by atoms with E-state index in [0.29, 0.717) is 6.61 Å². The Morgan fingerprint density at radius 3 is 1.48 bits per heavy atom. The highest BCUT2D eigenvalue weighted by Crippen LogP contribution is 2.10. The maximum Gasteiger partial charge on any atom is 0.335 e. The molecular weight excluding hydrogens is 360 g/mol. The normalized spacial score (nSPS) is 13.5. The molecule has 1 N–H and O–H groups in total. The van der Waals surface area contributed by atoms with E-state index in [-0.39, 0.29) is 0 Å². The van der Waals surface area contributed by atoms with Crippen LogP contribution in [0.15, 0.2) is 72.9 Å². The summed E-state index contributed by atoms with van der Waals surface area (Å²) in [5, 5.41) is 8.95. The van der Waals surface area contributed by atoms with E-state index >= 15 is 0 Å². The second-order valence-corrected chi connectivity index (χ2v) is 7.22. The summed E-state index contributed by atoms with van der Waals surface area (Å²) < 4.78 is 5.36. The maximum atomic E-state index is 10.9. The summed E-state index contributed by atoms with van der Waals surface area (Å²) >= 11 is 0. The zero-order valence-electron chi connectivity index (χ0n) is 18.6. The molecular formula is C26H40O3. The minimum Gasteiger partial charge on any atom is -0.479 e. The van der Waals surface area contributed by atoms with Crippen molar-refractivity contribution >= 4 is 5.97 Å². The number of rotatable bonds is 17. The van der Waals surface area contributed by atoms with Crippen molar-refractivity contribution in [2.75, 3.05) is 6.61 Å². The third kappa shape index (κ3) is 19.0. The van der Waals surface area contributed by atoms with Crippen LogP contribution in [0.3, 0.4) is 0 Å². The van der Waals surface area contributed by atoms with Crippen molar-refractivity contribution in [3.63, 3.8) is 0 Å². The van der Waals surface area contributed by atoms with Crippen LogP contribution in [-0.4, -0.2) is 23.3 Å². The fourth-order valence-electron chi connectivity index (χ4n) is 2.23. The highest BCUT2D eigenvalue weighted by Gasteiger charge is 2.27. The summed E-state index contributed by atoms with van der Waals surface area (Å²) in [5.41, 5.74) is -1.10. The van der Waals surface area contributed by atoms with E-state index in [0.717, 1.165) is 51.4 Å². The van der Waals surface area contributed by atoms with Gasteiger partial charge in [-0.1, -0.05) is 79.8 Å². The molecule has 0 aliphatic carbocycles. The summed E-state index contributed by atoms with van der Waals surface area (Å²) in [6.45, 7) is 5.77. The Morgan fingerprint density at radius 1 is 0.724 bits per heavy atom. The van der Waals surface area contributed by atoms with Gasteiger partial charge in [0, 0.05) is 6.61 Å². The first-order valence-electron chi connectivity index (χ1n) is 10.8. The average Bonchev–Trinajstić information content (AvgIpc) is 2.69. The zero-order valence-corrected chi connectivity index (χ0v) is 18.6. The molecule has 0 atom stereocenters. The summed E-state index contributed by atoms with van der Waals surface area (Å²) in [6, 6.07) is 0. The molecule has 0 spiro atoms. The van der Waals surface area contributed by atoms with Crippen LogP contribution < -0.4 is 0 Å². The third-order valence-corrected chi connectivity index (χ3v) is 4.09. The molecule has 0 unspecified atom stereocenters. The molecule has 162 valence electrons. The first kappa shape index (κ1) is 26.9. The largest absolute Gasteiger partial charge is 0.479 e. The standard InChI is InChI=1S/C26H40O3/c1-4-5-6-7-8-9-10-11-12-13-14-15-16-17-18-19-20-21-22-23-24-29-26(2,3)25(27)28/h5-6,8-9,11-12,14-15,17-18,20-21H,4,7,10,13,16,19,22-24H2,1-3H3,(H,27,28)/b6-5-,9-8-,12-11-,15-14-,18-17-,21-20-. The van der Waals surface area contributed by atoms with Crippen LogP contribution in [0.5, 0.6) is 0 Å². The van der Waals surface area contributed by atoms with E-state index in [1.807, 2.05) is 0 Å². The van der Waals surface area contributed by atoms with Gasteiger partial charge in [-0.15, -0.1) is 0 Å². The molecule has 29 heavy (non-hydrogen) atoms. The quantitative estimate of drug-likeness (QED) is 0.205. The lowest BCUT2D eigenvalue weighted by Crippen LogP contribution is -2.34. The number of ether oxygens (including phenoxy) is 1. The molecule has 0 aromatic rings. The van der Waals surface area contributed by atoms with E-state index < -0.39 is 11.6 Å². The molecule has 0 fully saturated rings. The Labute approximate surface area is 178 Å². The predicted molar refractivity (Wildman–Crippen MR) is 125 cm³/mol. The van der Waals surface area contributed by atoms with Crippen LogP contribution in [0.2, 0.25) is 0 Å². The number of unbranched alkanes of at least 4 members (excludes halogenated alkanes) is 1. The molecule has 0 heterocycles. The molecule has 0 radical (unpaired) electrons. The number of hydrogen-bond acceptors (Lipinski definition) is 2. The van der Waals surface area contributed by atoms with Gasteiger partial charge in [0.25, 0.3) is 0 Å². The van der Waals surface area contributed by atoms with E-state index in [9.17, 15) is 4.79 Å². The Hall–Kier alpha value is -2.13. The molecule has 0 saturated heterocycles. The molecule has 3 nitrogen and oxygen atoms in total. The van der Waals surface area contributed by atoms with Crippen molar-refractivity contribution < 1.29 is 14.6 Å². The van der Waals surface area contributed by atoms with Gasteiger partial charge in [-0.05, 0) is 65.2 Å². The number of hydrogen-bond donors (Lipinski definition) is 1.